The molecule has 0 aromatic carbocycles. The summed E-state index contributed by atoms with van der Waals surface area (Å²) in [4.78, 5) is 34.1. The Hall–Kier alpha value is -1.59. The first kappa shape index (κ1) is 18.4. The van der Waals surface area contributed by atoms with Crippen LogP contribution in [0.4, 0.5) is 0 Å². The predicted octanol–water partition coefficient (Wildman–Crippen LogP) is 1.87. The first-order valence-corrected chi connectivity index (χ1v) is 6.89. The van der Waals surface area contributed by atoms with Gasteiger partial charge in [-0.25, -0.2) is 4.79 Å². The van der Waals surface area contributed by atoms with E-state index in [-0.39, 0.29) is 18.7 Å². The number of ether oxygens (including phenoxy) is 1. The Balaban J connectivity index is 4.25. The Labute approximate surface area is 119 Å². The standard InChI is InChI=1S/C14H25NO5/c1-5-6-7-11(16)15-10(13(18)19)8-9-12(17)20-14(2,3)4/h10H,5-9H2,1-4H3,(H,15,16)(H,18,19)/t10-/m1/s1. The van der Waals surface area contributed by atoms with E-state index >= 15 is 0 Å². The number of amides is 1. The topological polar surface area (TPSA) is 92.7 Å². The van der Waals surface area contributed by atoms with Crippen LogP contribution in [0.2, 0.25) is 0 Å². The lowest BCUT2D eigenvalue weighted by Crippen LogP contribution is -2.41. The van der Waals surface area contributed by atoms with Crippen LogP contribution in [0.15, 0.2) is 0 Å². The minimum absolute atomic E-state index is 0.0299. The van der Waals surface area contributed by atoms with E-state index in [0.29, 0.717) is 12.8 Å². The number of rotatable bonds is 8. The number of carboxylic acids is 1. The minimum atomic E-state index is -1.14. The van der Waals surface area contributed by atoms with E-state index in [4.69, 9.17) is 9.84 Å². The molecule has 0 aromatic rings. The summed E-state index contributed by atoms with van der Waals surface area (Å²) in [7, 11) is 0. The van der Waals surface area contributed by atoms with E-state index in [2.05, 4.69) is 5.32 Å². The lowest BCUT2D eigenvalue weighted by atomic mass is 10.1. The van der Waals surface area contributed by atoms with Gasteiger partial charge in [0.1, 0.15) is 11.6 Å². The van der Waals surface area contributed by atoms with Gasteiger partial charge in [-0.05, 0) is 33.6 Å². The normalized spacial score (nSPS) is 12.6. The van der Waals surface area contributed by atoms with Gasteiger partial charge in [0.2, 0.25) is 5.91 Å². The molecule has 1 atom stereocenters. The van der Waals surface area contributed by atoms with E-state index in [1.165, 1.54) is 0 Å². The lowest BCUT2D eigenvalue weighted by Gasteiger charge is -2.20. The highest BCUT2D eigenvalue weighted by molar-refractivity contribution is 5.84. The third-order valence-electron chi connectivity index (χ3n) is 2.45. The quantitative estimate of drug-likeness (QED) is 0.665. The Morgan fingerprint density at radius 2 is 1.80 bits per heavy atom. The van der Waals surface area contributed by atoms with Gasteiger partial charge in [-0.15, -0.1) is 0 Å². The number of carbonyl (C=O) groups excluding carboxylic acids is 2. The summed E-state index contributed by atoms with van der Waals surface area (Å²) >= 11 is 0. The molecule has 20 heavy (non-hydrogen) atoms. The van der Waals surface area contributed by atoms with Crippen molar-refractivity contribution in [2.24, 2.45) is 0 Å². The summed E-state index contributed by atoms with van der Waals surface area (Å²) in [6.07, 6.45) is 1.87. The summed E-state index contributed by atoms with van der Waals surface area (Å²) < 4.78 is 5.09. The fraction of sp³-hybridized carbons (Fsp3) is 0.786. The molecule has 0 spiro atoms. The third kappa shape index (κ3) is 9.35. The van der Waals surface area contributed by atoms with Crippen molar-refractivity contribution in [2.75, 3.05) is 0 Å². The fourth-order valence-electron chi connectivity index (χ4n) is 1.52. The molecule has 0 bridgehead atoms. The van der Waals surface area contributed by atoms with Crippen LogP contribution in [0.25, 0.3) is 0 Å². The van der Waals surface area contributed by atoms with Crippen molar-refractivity contribution in [1.29, 1.82) is 0 Å². The number of nitrogens with one attached hydrogen (secondary N) is 1. The molecule has 6 nitrogen and oxygen atoms in total. The second kappa shape index (κ2) is 8.55. The van der Waals surface area contributed by atoms with Crippen molar-refractivity contribution >= 4 is 17.8 Å². The average molecular weight is 287 g/mol. The van der Waals surface area contributed by atoms with E-state index in [0.717, 1.165) is 6.42 Å². The van der Waals surface area contributed by atoms with Crippen LogP contribution in [-0.4, -0.2) is 34.6 Å². The van der Waals surface area contributed by atoms with Crippen molar-refractivity contribution in [1.82, 2.24) is 5.32 Å². The summed E-state index contributed by atoms with van der Waals surface area (Å²) in [6.45, 7) is 7.18. The van der Waals surface area contributed by atoms with Gasteiger partial charge in [0.05, 0.1) is 0 Å². The maximum atomic E-state index is 11.5. The summed E-state index contributed by atoms with van der Waals surface area (Å²) in [6, 6.07) is -1.05. The number of carboxylic acid groups (broad SMARTS) is 1. The van der Waals surface area contributed by atoms with E-state index < -0.39 is 23.6 Å². The number of hydrogen-bond donors (Lipinski definition) is 2. The zero-order valence-electron chi connectivity index (χ0n) is 12.7. The summed E-state index contributed by atoms with van der Waals surface area (Å²) in [5, 5.41) is 11.4. The van der Waals surface area contributed by atoms with Crippen LogP contribution in [0.1, 0.15) is 59.8 Å². The molecule has 0 heterocycles. The fourth-order valence-corrected chi connectivity index (χ4v) is 1.52. The molecule has 0 radical (unpaired) electrons. The predicted molar refractivity (Wildman–Crippen MR) is 74.2 cm³/mol. The second-order valence-electron chi connectivity index (χ2n) is 5.69. The maximum Gasteiger partial charge on any atom is 0.326 e. The van der Waals surface area contributed by atoms with E-state index in [1.54, 1.807) is 20.8 Å². The van der Waals surface area contributed by atoms with Crippen LogP contribution < -0.4 is 5.32 Å². The minimum Gasteiger partial charge on any atom is -0.480 e. The number of unbranched alkanes of at least 4 members (excludes halogenated alkanes) is 1. The molecule has 0 rings (SSSR count). The molecular weight excluding hydrogens is 262 g/mol. The SMILES string of the molecule is CCCCC(=O)N[C@H](CCC(=O)OC(C)(C)C)C(=O)O. The van der Waals surface area contributed by atoms with Crippen LogP contribution >= 0.6 is 0 Å². The Morgan fingerprint density at radius 1 is 1.20 bits per heavy atom. The van der Waals surface area contributed by atoms with Crippen LogP contribution in [0.5, 0.6) is 0 Å². The first-order valence-electron chi connectivity index (χ1n) is 6.89. The molecule has 0 aliphatic carbocycles. The Kier molecular flexibility index (Phi) is 7.87. The molecule has 1 amide bonds. The first-order chi connectivity index (χ1) is 9.15. The smallest absolute Gasteiger partial charge is 0.326 e. The molecule has 116 valence electrons. The highest BCUT2D eigenvalue weighted by Gasteiger charge is 2.23. The molecule has 0 saturated carbocycles. The maximum absolute atomic E-state index is 11.5. The molecule has 0 saturated heterocycles. The lowest BCUT2D eigenvalue weighted by molar-refractivity contribution is -0.155. The average Bonchev–Trinajstić information content (AvgIpc) is 2.29. The van der Waals surface area contributed by atoms with E-state index in [1.807, 2.05) is 6.92 Å². The molecule has 0 aromatic heterocycles. The van der Waals surface area contributed by atoms with Gasteiger partial charge in [-0.1, -0.05) is 13.3 Å². The number of aliphatic carboxylic acids is 1. The van der Waals surface area contributed by atoms with Gasteiger partial charge in [0.15, 0.2) is 0 Å². The van der Waals surface area contributed by atoms with Gasteiger partial charge in [-0.3, -0.25) is 9.59 Å². The van der Waals surface area contributed by atoms with Crippen molar-refractivity contribution in [3.63, 3.8) is 0 Å². The van der Waals surface area contributed by atoms with Crippen molar-refractivity contribution in [3.05, 3.63) is 0 Å². The third-order valence-corrected chi connectivity index (χ3v) is 2.45. The van der Waals surface area contributed by atoms with Gasteiger partial charge < -0.3 is 15.2 Å². The molecule has 0 aliphatic rings. The Bertz CT molecular complexity index is 346. The molecule has 0 fully saturated rings. The molecule has 0 unspecified atom stereocenters. The van der Waals surface area contributed by atoms with Crippen molar-refractivity contribution < 1.29 is 24.2 Å². The zero-order valence-corrected chi connectivity index (χ0v) is 12.7. The molecular formula is C14H25NO5. The monoisotopic (exact) mass is 287 g/mol. The molecule has 6 heteroatoms. The van der Waals surface area contributed by atoms with Gasteiger partial charge in [-0.2, -0.15) is 0 Å². The largest absolute Gasteiger partial charge is 0.480 e. The van der Waals surface area contributed by atoms with Crippen LogP contribution in [-0.2, 0) is 19.1 Å². The summed E-state index contributed by atoms with van der Waals surface area (Å²) in [5.41, 5.74) is -0.597. The summed E-state index contributed by atoms with van der Waals surface area (Å²) in [5.74, 6) is -1.91. The number of hydrogen-bond acceptors (Lipinski definition) is 4. The molecule has 2 N–H and O–H groups in total. The number of esters is 1. The number of carbonyl (C=O) groups is 3. The highest BCUT2D eigenvalue weighted by atomic mass is 16.6. The van der Waals surface area contributed by atoms with E-state index in [9.17, 15) is 14.4 Å². The zero-order chi connectivity index (χ0) is 15.8. The van der Waals surface area contributed by atoms with Gasteiger partial charge in [0, 0.05) is 12.8 Å². The highest BCUT2D eigenvalue weighted by Crippen LogP contribution is 2.10. The van der Waals surface area contributed by atoms with Crippen LogP contribution in [0, 0.1) is 0 Å². The Morgan fingerprint density at radius 3 is 2.25 bits per heavy atom. The van der Waals surface area contributed by atoms with Crippen molar-refractivity contribution in [2.45, 2.75) is 71.4 Å². The van der Waals surface area contributed by atoms with Gasteiger partial charge >= 0.3 is 11.9 Å². The molecule has 0 aliphatic heterocycles. The van der Waals surface area contributed by atoms with Crippen LogP contribution in [0.3, 0.4) is 0 Å². The second-order valence-corrected chi connectivity index (χ2v) is 5.69. The van der Waals surface area contributed by atoms with Crippen molar-refractivity contribution in [3.8, 4) is 0 Å². The van der Waals surface area contributed by atoms with Gasteiger partial charge in [0.25, 0.3) is 0 Å².